The van der Waals surface area contributed by atoms with Gasteiger partial charge in [0.05, 0.1) is 41.5 Å². The summed E-state index contributed by atoms with van der Waals surface area (Å²) in [5.41, 5.74) is 0.643. The Bertz CT molecular complexity index is 1180. The predicted molar refractivity (Wildman–Crippen MR) is 121 cm³/mol. The lowest BCUT2D eigenvalue weighted by atomic mass is 10.1. The first-order valence-electron chi connectivity index (χ1n) is 11.2. The minimum Gasteiger partial charge on any atom is -0.378 e. The third-order valence-corrected chi connectivity index (χ3v) is 9.32. The Morgan fingerprint density at radius 2 is 1.73 bits per heavy atom. The van der Waals surface area contributed by atoms with Gasteiger partial charge >= 0.3 is 4.87 Å². The van der Waals surface area contributed by atoms with Crippen molar-refractivity contribution < 1.29 is 27.4 Å². The summed E-state index contributed by atoms with van der Waals surface area (Å²) in [6, 6.07) is 4.76. The number of amides is 1. The average Bonchev–Trinajstić information content (AvgIpc) is 3.41. The predicted octanol–water partition coefficient (Wildman–Crippen LogP) is 0.840. The fourth-order valence-electron chi connectivity index (χ4n) is 4.60. The van der Waals surface area contributed by atoms with Crippen LogP contribution in [-0.4, -0.2) is 86.5 Å². The van der Waals surface area contributed by atoms with Gasteiger partial charge in [0.25, 0.3) is 0 Å². The lowest BCUT2D eigenvalue weighted by Crippen LogP contribution is -2.47. The number of aromatic nitrogens is 1. The zero-order chi connectivity index (χ0) is 23.1. The van der Waals surface area contributed by atoms with Crippen molar-refractivity contribution in [3.63, 3.8) is 0 Å². The number of carbonyl (C=O) groups is 1. The third kappa shape index (κ3) is 4.47. The number of piperidine rings is 1. The summed E-state index contributed by atoms with van der Waals surface area (Å²) in [7, 11) is -3.70. The number of benzene rings is 1. The minimum absolute atomic E-state index is 0.0122. The van der Waals surface area contributed by atoms with Gasteiger partial charge in [0.1, 0.15) is 0 Å². The zero-order valence-electron chi connectivity index (χ0n) is 18.2. The van der Waals surface area contributed by atoms with Gasteiger partial charge in [0.15, 0.2) is 5.79 Å². The highest BCUT2D eigenvalue weighted by atomic mass is 32.2. The van der Waals surface area contributed by atoms with Gasteiger partial charge in [-0.1, -0.05) is 11.3 Å². The number of morpholine rings is 1. The quantitative estimate of drug-likeness (QED) is 0.602. The average molecular weight is 498 g/mol. The van der Waals surface area contributed by atoms with Gasteiger partial charge in [0, 0.05) is 52.0 Å². The van der Waals surface area contributed by atoms with Crippen LogP contribution in [0.15, 0.2) is 27.9 Å². The second-order valence-corrected chi connectivity index (χ2v) is 11.3. The highest BCUT2D eigenvalue weighted by molar-refractivity contribution is 7.89. The van der Waals surface area contributed by atoms with Crippen LogP contribution in [0.5, 0.6) is 0 Å². The monoisotopic (exact) mass is 497 g/mol. The van der Waals surface area contributed by atoms with E-state index in [4.69, 9.17) is 14.2 Å². The molecule has 1 spiro atoms. The molecule has 33 heavy (non-hydrogen) atoms. The fourth-order valence-corrected chi connectivity index (χ4v) is 7.10. The third-order valence-electron chi connectivity index (χ3n) is 6.49. The van der Waals surface area contributed by atoms with E-state index < -0.39 is 15.8 Å². The Balaban J connectivity index is 1.30. The molecule has 3 aliphatic rings. The number of carbonyl (C=O) groups excluding carboxylic acids is 1. The molecular weight excluding hydrogens is 470 g/mol. The summed E-state index contributed by atoms with van der Waals surface area (Å²) in [5.74, 6) is -0.660. The summed E-state index contributed by atoms with van der Waals surface area (Å²) in [4.78, 5) is 26.7. The molecule has 12 heteroatoms. The first kappa shape index (κ1) is 22.9. The molecule has 2 aromatic rings. The first-order chi connectivity index (χ1) is 15.9. The van der Waals surface area contributed by atoms with Gasteiger partial charge in [-0.3, -0.25) is 14.2 Å². The smallest absolute Gasteiger partial charge is 0.308 e. The SMILES string of the molecule is O=C(CCn1c(=O)sc2cc(S(=O)(=O)N3CCC4(CC3)OCCO4)ccc21)N1CCOCC1. The van der Waals surface area contributed by atoms with Crippen molar-refractivity contribution in [1.82, 2.24) is 13.8 Å². The molecule has 1 aromatic carbocycles. The summed E-state index contributed by atoms with van der Waals surface area (Å²) >= 11 is 0.998. The summed E-state index contributed by atoms with van der Waals surface area (Å²) in [6.45, 7) is 4.17. The summed E-state index contributed by atoms with van der Waals surface area (Å²) < 4.78 is 46.7. The number of fused-ring (bicyclic) bond motifs is 1. The zero-order valence-corrected chi connectivity index (χ0v) is 19.9. The Morgan fingerprint density at radius 3 is 2.42 bits per heavy atom. The van der Waals surface area contributed by atoms with Crippen LogP contribution in [0.25, 0.3) is 10.2 Å². The lowest BCUT2D eigenvalue weighted by molar-refractivity contribution is -0.179. The van der Waals surface area contributed by atoms with Gasteiger partial charge in [-0.25, -0.2) is 8.42 Å². The Kier molecular flexibility index (Phi) is 6.31. The molecule has 5 rings (SSSR count). The van der Waals surface area contributed by atoms with E-state index in [1.54, 1.807) is 21.6 Å². The molecule has 3 saturated heterocycles. The van der Waals surface area contributed by atoms with Crippen molar-refractivity contribution in [2.45, 2.75) is 36.5 Å². The molecule has 0 unspecified atom stereocenters. The van der Waals surface area contributed by atoms with Crippen molar-refractivity contribution in [2.75, 3.05) is 52.6 Å². The molecule has 0 N–H and O–H groups in total. The van der Waals surface area contributed by atoms with Crippen molar-refractivity contribution in [3.05, 3.63) is 27.9 Å². The molecular formula is C21H27N3O7S2. The maximum atomic E-state index is 13.2. The highest BCUT2D eigenvalue weighted by Crippen LogP contribution is 2.34. The fraction of sp³-hybridized carbons (Fsp3) is 0.619. The van der Waals surface area contributed by atoms with Gasteiger partial charge in [0.2, 0.25) is 15.9 Å². The summed E-state index contributed by atoms with van der Waals surface area (Å²) in [6.07, 6.45) is 1.20. The first-order valence-corrected chi connectivity index (χ1v) is 13.4. The van der Waals surface area contributed by atoms with E-state index in [2.05, 4.69) is 0 Å². The largest absolute Gasteiger partial charge is 0.378 e. The normalized spacial score (nSPS) is 21.8. The van der Waals surface area contributed by atoms with Gasteiger partial charge < -0.3 is 19.1 Å². The van der Waals surface area contributed by atoms with Crippen LogP contribution < -0.4 is 4.87 Å². The molecule has 1 aromatic heterocycles. The number of thiazole rings is 1. The molecule has 0 radical (unpaired) electrons. The van der Waals surface area contributed by atoms with Crippen LogP contribution in [0.3, 0.4) is 0 Å². The number of nitrogens with zero attached hydrogens (tertiary/aromatic N) is 3. The molecule has 180 valence electrons. The minimum atomic E-state index is -3.70. The second kappa shape index (κ2) is 9.08. The molecule has 0 bridgehead atoms. The van der Waals surface area contributed by atoms with E-state index in [0.717, 1.165) is 11.3 Å². The topological polar surface area (TPSA) is 107 Å². The van der Waals surface area contributed by atoms with Crippen molar-refractivity contribution in [1.29, 1.82) is 0 Å². The van der Waals surface area contributed by atoms with Gasteiger partial charge in [-0.15, -0.1) is 0 Å². The van der Waals surface area contributed by atoms with E-state index in [9.17, 15) is 18.0 Å². The number of hydrogen-bond donors (Lipinski definition) is 0. The number of hydrogen-bond acceptors (Lipinski definition) is 8. The number of ether oxygens (including phenoxy) is 3. The highest BCUT2D eigenvalue weighted by Gasteiger charge is 2.42. The van der Waals surface area contributed by atoms with E-state index >= 15 is 0 Å². The van der Waals surface area contributed by atoms with Crippen molar-refractivity contribution >= 4 is 37.5 Å². The maximum Gasteiger partial charge on any atom is 0.308 e. The molecule has 1 amide bonds. The Labute approximate surface area is 195 Å². The summed E-state index contributed by atoms with van der Waals surface area (Å²) in [5, 5.41) is 0. The van der Waals surface area contributed by atoms with Crippen LogP contribution >= 0.6 is 11.3 Å². The molecule has 4 heterocycles. The number of sulfonamides is 1. The van der Waals surface area contributed by atoms with Crippen LogP contribution in [-0.2, 0) is 35.6 Å². The van der Waals surface area contributed by atoms with E-state index in [1.165, 1.54) is 10.4 Å². The molecule has 3 fully saturated rings. The van der Waals surface area contributed by atoms with Crippen LogP contribution in [0.4, 0.5) is 0 Å². The van der Waals surface area contributed by atoms with Crippen LogP contribution in [0, 0.1) is 0 Å². The van der Waals surface area contributed by atoms with Crippen molar-refractivity contribution in [3.8, 4) is 0 Å². The van der Waals surface area contributed by atoms with Crippen LogP contribution in [0.2, 0.25) is 0 Å². The number of aryl methyl sites for hydroxylation is 1. The lowest BCUT2D eigenvalue weighted by Gasteiger charge is -2.36. The standard InChI is InChI=1S/C21H27N3O7S2/c25-19(22-9-11-29-12-10-22)3-6-24-17-2-1-16(15-18(17)32-20(24)26)33(27,28)23-7-4-21(5-8-23)30-13-14-31-21/h1-2,15H,3-14H2. The van der Waals surface area contributed by atoms with Crippen molar-refractivity contribution in [2.24, 2.45) is 0 Å². The Hall–Kier alpha value is -1.83. The van der Waals surface area contributed by atoms with Gasteiger partial charge in [-0.2, -0.15) is 4.31 Å². The molecule has 0 aliphatic carbocycles. The second-order valence-electron chi connectivity index (χ2n) is 8.40. The van der Waals surface area contributed by atoms with Crippen LogP contribution in [0.1, 0.15) is 19.3 Å². The molecule has 10 nitrogen and oxygen atoms in total. The molecule has 0 atom stereocenters. The van der Waals surface area contributed by atoms with E-state index in [0.29, 0.717) is 75.7 Å². The number of rotatable bonds is 5. The Morgan fingerprint density at radius 1 is 1.03 bits per heavy atom. The molecule has 0 saturated carbocycles. The van der Waals surface area contributed by atoms with E-state index in [1.807, 2.05) is 0 Å². The maximum absolute atomic E-state index is 13.2. The van der Waals surface area contributed by atoms with Gasteiger partial charge in [-0.05, 0) is 18.2 Å². The van der Waals surface area contributed by atoms with E-state index in [-0.39, 0.29) is 28.6 Å². The molecule has 3 aliphatic heterocycles.